The molecular formula is C20H24N2O4S. The Morgan fingerprint density at radius 2 is 1.81 bits per heavy atom. The van der Waals surface area contributed by atoms with Crippen molar-refractivity contribution >= 4 is 34.1 Å². The Labute approximate surface area is 162 Å². The first kappa shape index (κ1) is 20.6. The van der Waals surface area contributed by atoms with Gasteiger partial charge < -0.3 is 16.2 Å². The Bertz CT molecular complexity index is 902. The Balaban J connectivity index is 2.36. The summed E-state index contributed by atoms with van der Waals surface area (Å²) in [5, 5.41) is 12.0. The van der Waals surface area contributed by atoms with Gasteiger partial charge in [-0.15, -0.1) is 11.3 Å². The van der Waals surface area contributed by atoms with E-state index in [1.807, 2.05) is 39.0 Å². The third kappa shape index (κ3) is 4.95. The zero-order valence-corrected chi connectivity index (χ0v) is 16.7. The summed E-state index contributed by atoms with van der Waals surface area (Å²) in [6, 6.07) is 5.92. The normalized spacial score (nSPS) is 11.9. The average molecular weight is 388 g/mol. The maximum Gasteiger partial charge on any atom is 0.303 e. The number of primary amides is 1. The molecule has 1 atom stereocenters. The lowest BCUT2D eigenvalue weighted by Gasteiger charge is -2.10. The van der Waals surface area contributed by atoms with Crippen molar-refractivity contribution in [1.29, 1.82) is 0 Å². The van der Waals surface area contributed by atoms with Crippen molar-refractivity contribution in [3.05, 3.63) is 39.8 Å². The fourth-order valence-electron chi connectivity index (χ4n) is 2.98. The fourth-order valence-corrected chi connectivity index (χ4v) is 4.07. The van der Waals surface area contributed by atoms with Crippen LogP contribution in [0.15, 0.2) is 18.2 Å². The Kier molecular flexibility index (Phi) is 6.38. The summed E-state index contributed by atoms with van der Waals surface area (Å²) >= 11 is 1.29. The molecule has 4 N–H and O–H groups in total. The summed E-state index contributed by atoms with van der Waals surface area (Å²) in [5.41, 5.74) is 9.75. The van der Waals surface area contributed by atoms with Gasteiger partial charge in [0.15, 0.2) is 0 Å². The second kappa shape index (κ2) is 8.35. The van der Waals surface area contributed by atoms with Crippen molar-refractivity contribution in [2.75, 3.05) is 5.32 Å². The molecule has 144 valence electrons. The molecule has 0 bridgehead atoms. The molecule has 6 nitrogen and oxygen atoms in total. The minimum Gasteiger partial charge on any atom is -0.481 e. The molecule has 1 aromatic heterocycles. The number of aryl methyl sites for hydroxylation is 3. The molecular weight excluding hydrogens is 364 g/mol. The molecule has 1 heterocycles. The van der Waals surface area contributed by atoms with E-state index in [0.717, 1.165) is 27.1 Å². The summed E-state index contributed by atoms with van der Waals surface area (Å²) in [5.74, 6) is -2.20. The van der Waals surface area contributed by atoms with Gasteiger partial charge in [-0.3, -0.25) is 14.4 Å². The minimum absolute atomic E-state index is 0.0560. The number of nitrogens with one attached hydrogen (secondary N) is 1. The van der Waals surface area contributed by atoms with E-state index in [2.05, 4.69) is 5.32 Å². The van der Waals surface area contributed by atoms with Gasteiger partial charge in [0, 0.05) is 23.3 Å². The second-order valence-corrected chi connectivity index (χ2v) is 8.08. The molecule has 0 fully saturated rings. The van der Waals surface area contributed by atoms with Crippen molar-refractivity contribution in [3.8, 4) is 11.1 Å². The first-order valence-corrected chi connectivity index (χ1v) is 9.44. The average Bonchev–Trinajstić information content (AvgIpc) is 2.85. The van der Waals surface area contributed by atoms with Crippen molar-refractivity contribution < 1.29 is 19.5 Å². The lowest BCUT2D eigenvalue weighted by Crippen LogP contribution is -2.19. The van der Waals surface area contributed by atoms with Gasteiger partial charge in [-0.05, 0) is 43.4 Å². The Morgan fingerprint density at radius 1 is 1.15 bits per heavy atom. The molecule has 1 aromatic carbocycles. The Hall–Kier alpha value is -2.67. The van der Waals surface area contributed by atoms with Crippen LogP contribution in [0.3, 0.4) is 0 Å². The fraction of sp³-hybridized carbons (Fsp3) is 0.350. The monoisotopic (exact) mass is 388 g/mol. The number of carbonyl (C=O) groups excluding carboxylic acids is 2. The summed E-state index contributed by atoms with van der Waals surface area (Å²) in [4.78, 5) is 36.0. The van der Waals surface area contributed by atoms with Crippen LogP contribution in [0.25, 0.3) is 11.1 Å². The van der Waals surface area contributed by atoms with Crippen LogP contribution >= 0.6 is 11.3 Å². The van der Waals surface area contributed by atoms with E-state index in [0.29, 0.717) is 10.6 Å². The summed E-state index contributed by atoms with van der Waals surface area (Å²) in [7, 11) is 0. The number of thiophene rings is 1. The lowest BCUT2D eigenvalue weighted by atomic mass is 9.97. The molecule has 0 saturated carbocycles. The molecule has 2 amide bonds. The molecule has 0 saturated heterocycles. The van der Waals surface area contributed by atoms with Gasteiger partial charge in [-0.25, -0.2) is 0 Å². The number of carbonyl (C=O) groups is 3. The molecule has 0 aliphatic heterocycles. The van der Waals surface area contributed by atoms with Crippen molar-refractivity contribution in [3.63, 3.8) is 0 Å². The molecule has 0 radical (unpaired) electrons. The number of carboxylic acids is 1. The molecule has 2 aromatic rings. The zero-order chi connectivity index (χ0) is 20.3. The summed E-state index contributed by atoms with van der Waals surface area (Å²) < 4.78 is 0. The van der Waals surface area contributed by atoms with E-state index < -0.39 is 11.9 Å². The van der Waals surface area contributed by atoms with Gasteiger partial charge in [0.25, 0.3) is 5.91 Å². The number of carboxylic acid groups (broad SMARTS) is 1. The second-order valence-electron chi connectivity index (χ2n) is 6.86. The zero-order valence-electron chi connectivity index (χ0n) is 15.9. The van der Waals surface area contributed by atoms with Crippen molar-refractivity contribution in [2.24, 2.45) is 11.7 Å². The van der Waals surface area contributed by atoms with Crippen LogP contribution in [-0.2, 0) is 9.59 Å². The van der Waals surface area contributed by atoms with Crippen LogP contribution in [0.1, 0.15) is 46.1 Å². The highest BCUT2D eigenvalue weighted by molar-refractivity contribution is 7.17. The van der Waals surface area contributed by atoms with Gasteiger partial charge in [0.05, 0.1) is 5.56 Å². The largest absolute Gasteiger partial charge is 0.481 e. The maximum absolute atomic E-state index is 12.3. The number of benzene rings is 1. The SMILES string of the molecule is Cc1ccc(-c2c(C)sc(NC(=O)C[C@@H](C)CC(=O)O)c2C(N)=O)cc1C. The van der Waals surface area contributed by atoms with Gasteiger partial charge in [0.1, 0.15) is 5.00 Å². The number of nitrogens with two attached hydrogens (primary N) is 1. The van der Waals surface area contributed by atoms with Crippen LogP contribution < -0.4 is 11.1 Å². The van der Waals surface area contributed by atoms with Crippen LogP contribution in [0.4, 0.5) is 5.00 Å². The number of amides is 2. The highest BCUT2D eigenvalue weighted by atomic mass is 32.1. The van der Waals surface area contributed by atoms with Gasteiger partial charge in [-0.1, -0.05) is 25.1 Å². The molecule has 27 heavy (non-hydrogen) atoms. The highest BCUT2D eigenvalue weighted by Gasteiger charge is 2.23. The van der Waals surface area contributed by atoms with E-state index in [4.69, 9.17) is 10.8 Å². The minimum atomic E-state index is -0.947. The quantitative estimate of drug-likeness (QED) is 0.668. The predicted molar refractivity (Wildman–Crippen MR) is 107 cm³/mol. The van der Waals surface area contributed by atoms with E-state index >= 15 is 0 Å². The van der Waals surface area contributed by atoms with Gasteiger partial charge in [-0.2, -0.15) is 0 Å². The van der Waals surface area contributed by atoms with Gasteiger partial charge in [0.2, 0.25) is 5.91 Å². The van der Waals surface area contributed by atoms with Crippen molar-refractivity contribution in [2.45, 2.75) is 40.5 Å². The topological polar surface area (TPSA) is 109 Å². The van der Waals surface area contributed by atoms with E-state index in [1.54, 1.807) is 6.92 Å². The number of hydrogen-bond acceptors (Lipinski definition) is 4. The van der Waals surface area contributed by atoms with Crippen LogP contribution in [0, 0.1) is 26.7 Å². The van der Waals surface area contributed by atoms with E-state index in [1.165, 1.54) is 11.3 Å². The number of aliphatic carboxylic acids is 1. The van der Waals surface area contributed by atoms with E-state index in [9.17, 15) is 14.4 Å². The molecule has 7 heteroatoms. The summed E-state index contributed by atoms with van der Waals surface area (Å²) in [6.07, 6.45) is -0.0338. The molecule has 0 aliphatic carbocycles. The smallest absolute Gasteiger partial charge is 0.303 e. The third-order valence-electron chi connectivity index (χ3n) is 4.44. The third-order valence-corrected chi connectivity index (χ3v) is 5.46. The summed E-state index contributed by atoms with van der Waals surface area (Å²) in [6.45, 7) is 7.59. The Morgan fingerprint density at radius 3 is 2.37 bits per heavy atom. The number of rotatable bonds is 7. The lowest BCUT2D eigenvalue weighted by molar-refractivity contribution is -0.138. The number of hydrogen-bond donors (Lipinski definition) is 3. The van der Waals surface area contributed by atoms with Crippen LogP contribution in [0.5, 0.6) is 0 Å². The van der Waals surface area contributed by atoms with E-state index in [-0.39, 0.29) is 24.7 Å². The highest BCUT2D eigenvalue weighted by Crippen LogP contribution is 2.40. The first-order valence-electron chi connectivity index (χ1n) is 8.62. The molecule has 0 aliphatic rings. The maximum atomic E-state index is 12.3. The standard InChI is InChI=1S/C20H24N2O4S/c1-10(8-16(24)25)7-15(23)22-20-18(19(21)26)17(13(4)27-20)14-6-5-11(2)12(3)9-14/h5-6,9-10H,7-8H2,1-4H3,(H2,21,26)(H,22,23)(H,24,25)/t10-/m1/s1. The first-order chi connectivity index (χ1) is 12.6. The number of anilines is 1. The van der Waals surface area contributed by atoms with Crippen LogP contribution in [-0.4, -0.2) is 22.9 Å². The molecule has 2 rings (SSSR count). The van der Waals surface area contributed by atoms with Crippen molar-refractivity contribution in [1.82, 2.24) is 0 Å². The van der Waals surface area contributed by atoms with Gasteiger partial charge >= 0.3 is 5.97 Å². The van der Waals surface area contributed by atoms with Crippen LogP contribution in [0.2, 0.25) is 0 Å². The predicted octanol–water partition coefficient (Wildman–Crippen LogP) is 3.88. The molecule has 0 unspecified atom stereocenters. The molecule has 0 spiro atoms.